The largest absolute Gasteiger partial charge is 0.388 e. The van der Waals surface area contributed by atoms with Crippen molar-refractivity contribution in [2.75, 3.05) is 25.5 Å². The first kappa shape index (κ1) is 22.7. The molecular weight excluding hydrogens is 434 g/mol. The topological polar surface area (TPSA) is 45.7 Å². The molecule has 1 atom stereocenters. The molecule has 0 spiro atoms. The molecule has 1 amide bonds. The molecule has 5 nitrogen and oxygen atoms in total. The maximum Gasteiger partial charge on any atom is 0.272 e. The second kappa shape index (κ2) is 9.98. The lowest BCUT2D eigenvalue weighted by Gasteiger charge is -2.46. The van der Waals surface area contributed by atoms with E-state index in [0.29, 0.717) is 5.69 Å². The molecule has 1 aromatic heterocycles. The minimum absolute atomic E-state index is 0.0209. The van der Waals surface area contributed by atoms with E-state index >= 15 is 0 Å². The summed E-state index contributed by atoms with van der Waals surface area (Å²) in [6.45, 7) is 3.14. The Morgan fingerprint density at radius 2 is 1.75 bits per heavy atom. The predicted octanol–water partition coefficient (Wildman–Crippen LogP) is 3.96. The summed E-state index contributed by atoms with van der Waals surface area (Å²) in [4.78, 5) is 20.7. The van der Waals surface area contributed by atoms with Gasteiger partial charge in [0, 0.05) is 32.4 Å². The molecule has 0 saturated carbocycles. The van der Waals surface area contributed by atoms with Gasteiger partial charge < -0.3 is 14.2 Å². The Kier molecular flexibility index (Phi) is 7.08. The van der Waals surface area contributed by atoms with Gasteiger partial charge in [-0.2, -0.15) is 0 Å². The van der Waals surface area contributed by atoms with Gasteiger partial charge in [0.2, 0.25) is 0 Å². The lowest BCUT2D eigenvalue weighted by atomic mass is 10.2. The lowest BCUT2D eigenvalue weighted by molar-refractivity contribution is 0.0822. The van der Waals surface area contributed by atoms with Crippen molar-refractivity contribution in [2.24, 2.45) is 0 Å². The normalized spacial score (nSPS) is 16.0. The molecule has 32 heavy (non-hydrogen) atoms. The first-order valence-electron chi connectivity index (χ1n) is 11.3. The summed E-state index contributed by atoms with van der Waals surface area (Å²) in [5, 5.41) is 5.35. The lowest BCUT2D eigenvalue weighted by Crippen LogP contribution is -2.66. The molecule has 1 aliphatic heterocycles. The third kappa shape index (κ3) is 4.51. The van der Waals surface area contributed by atoms with Crippen LogP contribution in [0.1, 0.15) is 36.7 Å². The number of unbranched alkanes of at least 4 members (excludes halogenated alkanes) is 1. The molecule has 3 aromatic rings. The maximum absolute atomic E-state index is 12.3. The van der Waals surface area contributed by atoms with E-state index in [1.54, 1.807) is 19.0 Å². The molecule has 0 bridgehead atoms. The summed E-state index contributed by atoms with van der Waals surface area (Å²) >= 11 is 1.52. The molecule has 1 aliphatic rings. The fourth-order valence-corrected chi connectivity index (χ4v) is 9.34. The highest BCUT2D eigenvalue weighted by atomic mass is 32.1. The van der Waals surface area contributed by atoms with Crippen molar-refractivity contribution >= 4 is 41.1 Å². The summed E-state index contributed by atoms with van der Waals surface area (Å²) in [6.07, 6.45) is 3.21. The molecule has 0 aliphatic carbocycles. The second-order valence-corrected chi connectivity index (χ2v) is 12.8. The Hall–Kier alpha value is -2.48. The number of hydrogen-bond acceptors (Lipinski definition) is 5. The fraction of sp³-hybridized carbons (Fsp3) is 0.360. The van der Waals surface area contributed by atoms with Crippen molar-refractivity contribution in [1.82, 2.24) is 9.88 Å². The number of amides is 1. The van der Waals surface area contributed by atoms with Gasteiger partial charge in [0.25, 0.3) is 14.2 Å². The van der Waals surface area contributed by atoms with Gasteiger partial charge in [0.1, 0.15) is 11.9 Å². The van der Waals surface area contributed by atoms with E-state index in [0.717, 1.165) is 37.0 Å². The quantitative estimate of drug-likeness (QED) is 0.449. The van der Waals surface area contributed by atoms with Crippen molar-refractivity contribution in [3.63, 3.8) is 0 Å². The number of thiazole rings is 1. The van der Waals surface area contributed by atoms with Gasteiger partial charge in [0.15, 0.2) is 5.13 Å². The third-order valence-electron chi connectivity index (χ3n) is 6.03. The molecule has 168 valence electrons. The van der Waals surface area contributed by atoms with Crippen molar-refractivity contribution in [3.8, 4) is 0 Å². The van der Waals surface area contributed by atoms with Crippen LogP contribution in [0, 0.1) is 0 Å². The van der Waals surface area contributed by atoms with Crippen LogP contribution in [0.15, 0.2) is 66.0 Å². The van der Waals surface area contributed by atoms with Crippen molar-refractivity contribution in [1.29, 1.82) is 0 Å². The van der Waals surface area contributed by atoms with Crippen LogP contribution in [-0.4, -0.2) is 51.0 Å². The Bertz CT molecular complexity index is 986. The molecule has 2 heterocycles. The number of rotatable bonds is 9. The van der Waals surface area contributed by atoms with E-state index in [1.807, 2.05) is 5.38 Å². The smallest absolute Gasteiger partial charge is 0.272 e. The second-order valence-electron chi connectivity index (χ2n) is 8.43. The number of carbonyl (C=O) groups is 1. The van der Waals surface area contributed by atoms with E-state index in [1.165, 1.54) is 21.7 Å². The summed E-state index contributed by atoms with van der Waals surface area (Å²) < 4.78 is 7.17. The zero-order chi connectivity index (χ0) is 22.6. The van der Waals surface area contributed by atoms with Crippen LogP contribution in [0.2, 0.25) is 6.04 Å². The van der Waals surface area contributed by atoms with E-state index < -0.39 is 8.32 Å². The van der Waals surface area contributed by atoms with Crippen LogP contribution >= 0.6 is 11.3 Å². The van der Waals surface area contributed by atoms with Crippen molar-refractivity contribution < 1.29 is 9.22 Å². The monoisotopic (exact) mass is 465 g/mol. The van der Waals surface area contributed by atoms with Gasteiger partial charge in [-0.05, 0) is 16.4 Å². The van der Waals surface area contributed by atoms with E-state index in [4.69, 9.17) is 4.43 Å². The SMILES string of the molecule is CCCC[Si](OC1CCN1c1nc(C(=O)N(C)C)cs1)(c1ccccc1)c1ccccc1. The highest BCUT2D eigenvalue weighted by Crippen LogP contribution is 2.33. The predicted molar refractivity (Wildman–Crippen MR) is 135 cm³/mol. The summed E-state index contributed by atoms with van der Waals surface area (Å²) in [6, 6.07) is 22.6. The fourth-order valence-electron chi connectivity index (χ4n) is 4.15. The molecule has 1 fully saturated rings. The third-order valence-corrected chi connectivity index (χ3v) is 11.2. The Balaban J connectivity index is 1.66. The van der Waals surface area contributed by atoms with Gasteiger partial charge in [-0.3, -0.25) is 4.79 Å². The number of hydrogen-bond donors (Lipinski definition) is 0. The molecule has 0 radical (unpaired) electrons. The van der Waals surface area contributed by atoms with Gasteiger partial charge in [-0.1, -0.05) is 80.4 Å². The molecule has 7 heteroatoms. The number of aromatic nitrogens is 1. The summed E-state index contributed by atoms with van der Waals surface area (Å²) in [7, 11) is 1.06. The van der Waals surface area contributed by atoms with Crippen molar-refractivity contribution in [3.05, 3.63) is 71.7 Å². The van der Waals surface area contributed by atoms with Gasteiger partial charge in [-0.25, -0.2) is 4.98 Å². The standard InChI is InChI=1S/C25H31N3O2SSi/c1-4-5-18-32(20-12-8-6-9-13-20,21-14-10-7-11-15-21)30-23-16-17-28(23)25-26-22(19-31-25)24(29)27(2)3/h6-15,19,23H,4-5,16-18H2,1-3H3. The van der Waals surface area contributed by atoms with Crippen LogP contribution in [0.3, 0.4) is 0 Å². The Morgan fingerprint density at radius 3 is 2.25 bits per heavy atom. The van der Waals surface area contributed by atoms with Crippen molar-refractivity contribution in [2.45, 2.75) is 38.5 Å². The zero-order valence-electron chi connectivity index (χ0n) is 19.0. The minimum atomic E-state index is -2.45. The van der Waals surface area contributed by atoms with Crippen LogP contribution in [0.4, 0.5) is 5.13 Å². The number of benzene rings is 2. The van der Waals surface area contributed by atoms with Crippen LogP contribution in [0.25, 0.3) is 0 Å². The summed E-state index contributed by atoms with van der Waals surface area (Å²) in [5.74, 6) is -0.0641. The molecule has 1 saturated heterocycles. The molecule has 2 aromatic carbocycles. The molecule has 0 N–H and O–H groups in total. The van der Waals surface area contributed by atoms with Gasteiger partial charge in [-0.15, -0.1) is 11.3 Å². The van der Waals surface area contributed by atoms with Crippen LogP contribution in [0.5, 0.6) is 0 Å². The van der Waals surface area contributed by atoms with E-state index in [2.05, 4.69) is 77.5 Å². The first-order valence-corrected chi connectivity index (χ1v) is 14.3. The van der Waals surface area contributed by atoms with Gasteiger partial charge >= 0.3 is 0 Å². The van der Waals surface area contributed by atoms with Gasteiger partial charge in [0.05, 0.1) is 0 Å². The first-order chi connectivity index (χ1) is 15.5. The zero-order valence-corrected chi connectivity index (χ0v) is 20.8. The Morgan fingerprint density at radius 1 is 1.12 bits per heavy atom. The maximum atomic E-state index is 12.3. The van der Waals surface area contributed by atoms with Crippen LogP contribution in [-0.2, 0) is 4.43 Å². The molecule has 1 unspecified atom stereocenters. The number of anilines is 1. The average molecular weight is 466 g/mol. The van der Waals surface area contributed by atoms with E-state index in [9.17, 15) is 4.79 Å². The summed E-state index contributed by atoms with van der Waals surface area (Å²) in [5.41, 5.74) is 0.501. The number of carbonyl (C=O) groups excluding carboxylic acids is 1. The molecular formula is C25H31N3O2SSi. The Labute approximate surface area is 195 Å². The molecule has 4 rings (SSSR count). The average Bonchev–Trinajstić information content (AvgIpc) is 3.28. The highest BCUT2D eigenvalue weighted by Gasteiger charge is 2.45. The highest BCUT2D eigenvalue weighted by molar-refractivity contribution is 7.14. The number of nitrogens with zero attached hydrogens (tertiary/aromatic N) is 3. The minimum Gasteiger partial charge on any atom is -0.388 e. The van der Waals surface area contributed by atoms with Crippen LogP contribution < -0.4 is 15.3 Å². The van der Waals surface area contributed by atoms with E-state index in [-0.39, 0.29) is 12.1 Å².